The van der Waals surface area contributed by atoms with Crippen LogP contribution in [0.5, 0.6) is 0 Å². The van der Waals surface area contributed by atoms with Crippen molar-refractivity contribution < 1.29 is 15.3 Å². The first-order chi connectivity index (χ1) is 13.7. The van der Waals surface area contributed by atoms with E-state index in [-0.39, 0.29) is 5.92 Å². The fourth-order valence-electron chi connectivity index (χ4n) is 6.39. The van der Waals surface area contributed by atoms with E-state index in [1.807, 2.05) is 13.8 Å². The van der Waals surface area contributed by atoms with E-state index in [0.29, 0.717) is 12.8 Å². The SMILES string of the molecule is CC(CCCC(C)(C)O)C1CCC2C(=CC=C3CC(O)CC(O)C3C)CCCC21. The van der Waals surface area contributed by atoms with Gasteiger partial charge >= 0.3 is 0 Å². The molecule has 3 saturated carbocycles. The van der Waals surface area contributed by atoms with Gasteiger partial charge in [-0.05, 0) is 82.5 Å². The molecule has 0 bridgehead atoms. The van der Waals surface area contributed by atoms with Gasteiger partial charge in [0.05, 0.1) is 17.8 Å². The zero-order valence-electron chi connectivity index (χ0n) is 19.1. The summed E-state index contributed by atoms with van der Waals surface area (Å²) in [5.74, 6) is 3.28. The maximum absolute atomic E-state index is 10.2. The van der Waals surface area contributed by atoms with Crippen LogP contribution in [-0.2, 0) is 0 Å². The molecule has 3 heteroatoms. The van der Waals surface area contributed by atoms with Gasteiger partial charge < -0.3 is 15.3 Å². The molecule has 3 nitrogen and oxygen atoms in total. The maximum atomic E-state index is 10.2. The molecule has 3 aliphatic rings. The van der Waals surface area contributed by atoms with Crippen LogP contribution in [0, 0.1) is 29.6 Å². The molecule has 7 unspecified atom stereocenters. The third-order valence-electron chi connectivity index (χ3n) is 8.19. The third kappa shape index (κ3) is 5.95. The molecule has 0 spiro atoms. The molecule has 0 aromatic carbocycles. The molecule has 0 aromatic heterocycles. The van der Waals surface area contributed by atoms with Gasteiger partial charge in [-0.15, -0.1) is 0 Å². The van der Waals surface area contributed by atoms with Crippen LogP contribution in [0.1, 0.15) is 91.9 Å². The van der Waals surface area contributed by atoms with Gasteiger partial charge in [-0.1, -0.05) is 50.0 Å². The van der Waals surface area contributed by atoms with E-state index in [1.54, 1.807) is 5.57 Å². The first kappa shape index (κ1) is 23.0. The Kier molecular flexibility index (Phi) is 7.67. The molecule has 0 aromatic rings. The summed E-state index contributed by atoms with van der Waals surface area (Å²) in [6.45, 7) is 8.36. The Morgan fingerprint density at radius 2 is 1.83 bits per heavy atom. The highest BCUT2D eigenvalue weighted by molar-refractivity contribution is 5.25. The monoisotopic (exact) mass is 404 g/mol. The molecule has 3 aliphatic carbocycles. The molecular weight excluding hydrogens is 360 g/mol. The second-order valence-electron chi connectivity index (χ2n) is 11.0. The van der Waals surface area contributed by atoms with Crippen LogP contribution in [-0.4, -0.2) is 33.1 Å². The van der Waals surface area contributed by atoms with Gasteiger partial charge in [0.15, 0.2) is 0 Å². The second-order valence-corrected chi connectivity index (χ2v) is 11.0. The molecular formula is C26H44O3. The summed E-state index contributed by atoms with van der Waals surface area (Å²) in [6, 6.07) is 0. The van der Waals surface area contributed by atoms with Crippen molar-refractivity contribution >= 4 is 0 Å². The molecule has 0 amide bonds. The number of hydrogen-bond acceptors (Lipinski definition) is 3. The lowest BCUT2D eigenvalue weighted by Crippen LogP contribution is -2.32. The first-order valence-corrected chi connectivity index (χ1v) is 12.1. The molecule has 7 atom stereocenters. The van der Waals surface area contributed by atoms with Crippen LogP contribution in [0.2, 0.25) is 0 Å². The van der Waals surface area contributed by atoms with Crippen LogP contribution in [0.3, 0.4) is 0 Å². The molecule has 3 rings (SSSR count). The van der Waals surface area contributed by atoms with Gasteiger partial charge in [0.2, 0.25) is 0 Å². The van der Waals surface area contributed by atoms with E-state index in [9.17, 15) is 15.3 Å². The summed E-state index contributed by atoms with van der Waals surface area (Å²) in [5.41, 5.74) is 2.28. The molecule has 29 heavy (non-hydrogen) atoms. The maximum Gasteiger partial charge on any atom is 0.0627 e. The van der Waals surface area contributed by atoms with Crippen LogP contribution in [0.4, 0.5) is 0 Å². The Balaban J connectivity index is 1.63. The number of hydrogen-bond donors (Lipinski definition) is 3. The zero-order valence-corrected chi connectivity index (χ0v) is 19.1. The summed E-state index contributed by atoms with van der Waals surface area (Å²) in [5, 5.41) is 30.2. The molecule has 166 valence electrons. The molecule has 0 saturated heterocycles. The topological polar surface area (TPSA) is 60.7 Å². The van der Waals surface area contributed by atoms with Gasteiger partial charge in [-0.3, -0.25) is 0 Å². The Morgan fingerprint density at radius 1 is 1.10 bits per heavy atom. The van der Waals surface area contributed by atoms with Crippen LogP contribution >= 0.6 is 0 Å². The fourth-order valence-corrected chi connectivity index (χ4v) is 6.39. The minimum atomic E-state index is -0.538. The van der Waals surface area contributed by atoms with Crippen molar-refractivity contribution in [1.82, 2.24) is 0 Å². The summed E-state index contributed by atoms with van der Waals surface area (Å²) in [4.78, 5) is 0. The van der Waals surface area contributed by atoms with Gasteiger partial charge in [-0.25, -0.2) is 0 Å². The van der Waals surface area contributed by atoms with Crippen molar-refractivity contribution in [2.24, 2.45) is 29.6 Å². The molecule has 0 aliphatic heterocycles. The average Bonchev–Trinajstić information content (AvgIpc) is 3.07. The van der Waals surface area contributed by atoms with Crippen molar-refractivity contribution in [3.8, 4) is 0 Å². The highest BCUT2D eigenvalue weighted by atomic mass is 16.3. The second kappa shape index (κ2) is 9.66. The number of aliphatic hydroxyl groups excluding tert-OH is 2. The van der Waals surface area contributed by atoms with Crippen molar-refractivity contribution in [2.45, 2.75) is 110 Å². The predicted molar refractivity (Wildman–Crippen MR) is 119 cm³/mol. The standard InChI is InChI=1S/C26H44O3/c1-17(7-6-14-26(3,4)29)22-12-13-23-19(8-5-9-24(22)23)10-11-20-15-21(27)16-25(28)18(20)2/h10-11,17-18,21-25,27-29H,5-9,12-16H2,1-4H3. The van der Waals surface area contributed by atoms with Crippen LogP contribution in [0.15, 0.2) is 23.3 Å². The van der Waals surface area contributed by atoms with Crippen molar-refractivity contribution in [3.05, 3.63) is 23.3 Å². The Bertz CT molecular complexity index is 600. The van der Waals surface area contributed by atoms with Gasteiger partial charge in [0.25, 0.3) is 0 Å². The van der Waals surface area contributed by atoms with Crippen molar-refractivity contribution in [3.63, 3.8) is 0 Å². The van der Waals surface area contributed by atoms with Crippen LogP contribution < -0.4 is 0 Å². The van der Waals surface area contributed by atoms with E-state index in [1.165, 1.54) is 44.1 Å². The predicted octanol–water partition coefficient (Wildman–Crippen LogP) is 5.39. The number of fused-ring (bicyclic) bond motifs is 1. The lowest BCUT2D eigenvalue weighted by Gasteiger charge is -2.35. The average molecular weight is 405 g/mol. The van der Waals surface area contributed by atoms with E-state index in [4.69, 9.17) is 0 Å². The fraction of sp³-hybridized carbons (Fsp3) is 0.846. The smallest absolute Gasteiger partial charge is 0.0627 e. The number of rotatable bonds is 6. The molecule has 0 radical (unpaired) electrons. The van der Waals surface area contributed by atoms with E-state index < -0.39 is 17.8 Å². The molecule has 3 N–H and O–H groups in total. The summed E-state index contributed by atoms with van der Waals surface area (Å²) >= 11 is 0. The quantitative estimate of drug-likeness (QED) is 0.556. The van der Waals surface area contributed by atoms with Crippen LogP contribution in [0.25, 0.3) is 0 Å². The van der Waals surface area contributed by atoms with Crippen molar-refractivity contribution in [1.29, 1.82) is 0 Å². The third-order valence-corrected chi connectivity index (χ3v) is 8.19. The van der Waals surface area contributed by atoms with E-state index in [0.717, 1.165) is 36.5 Å². The zero-order chi connectivity index (χ0) is 21.2. The number of aliphatic hydroxyl groups is 3. The summed E-state index contributed by atoms with van der Waals surface area (Å²) in [7, 11) is 0. The normalized spacial score (nSPS) is 39.7. The highest BCUT2D eigenvalue weighted by Gasteiger charge is 2.41. The number of allylic oxidation sites excluding steroid dienone is 3. The van der Waals surface area contributed by atoms with E-state index >= 15 is 0 Å². The van der Waals surface area contributed by atoms with Gasteiger partial charge in [-0.2, -0.15) is 0 Å². The summed E-state index contributed by atoms with van der Waals surface area (Å²) < 4.78 is 0. The molecule has 3 fully saturated rings. The Labute approximate surface area is 178 Å². The lowest BCUT2D eigenvalue weighted by atomic mass is 9.71. The minimum absolute atomic E-state index is 0.154. The van der Waals surface area contributed by atoms with E-state index in [2.05, 4.69) is 26.0 Å². The largest absolute Gasteiger partial charge is 0.393 e. The minimum Gasteiger partial charge on any atom is -0.393 e. The first-order valence-electron chi connectivity index (χ1n) is 12.1. The van der Waals surface area contributed by atoms with Gasteiger partial charge in [0.1, 0.15) is 0 Å². The van der Waals surface area contributed by atoms with Crippen molar-refractivity contribution in [2.75, 3.05) is 0 Å². The lowest BCUT2D eigenvalue weighted by molar-refractivity contribution is 0.0333. The summed E-state index contributed by atoms with van der Waals surface area (Å²) in [6.07, 6.45) is 14.8. The van der Waals surface area contributed by atoms with Gasteiger partial charge in [0, 0.05) is 12.3 Å². The highest BCUT2D eigenvalue weighted by Crippen LogP contribution is 2.51. The Hall–Kier alpha value is -0.640. The Morgan fingerprint density at radius 3 is 2.55 bits per heavy atom. The molecule has 0 heterocycles.